The van der Waals surface area contributed by atoms with Crippen LogP contribution < -0.4 is 0 Å². The predicted molar refractivity (Wildman–Crippen MR) is 151 cm³/mol. The fourth-order valence-electron chi connectivity index (χ4n) is 10.1. The van der Waals surface area contributed by atoms with Crippen molar-refractivity contribution in [3.8, 4) is 0 Å². The Hall–Kier alpha value is -1.62. The standard InChI is InChI=1S/C32H47NO8/c1-4-13-33-18-30-10-5-21(41-27-15-25(34)28(36)19(2)40-27)16-31(30,37)11-7-24-23(30)6-9-29(3)22(8-12-32(24,29)38)20-14-26(35)39-17-20/h4,14,18-19,21-25,27-28,34,36-38H,1,5-13,15-17H2,2-3H3/t19?,21?,22?,23-,24?,25?,27?,28?,29?,30?,31?,32?/m0/s1. The maximum Gasteiger partial charge on any atom is 0.331 e. The number of carbonyl (C=O) groups excluding carboxylic acids is 1. The van der Waals surface area contributed by atoms with E-state index >= 15 is 0 Å². The van der Waals surface area contributed by atoms with Gasteiger partial charge in [0.25, 0.3) is 0 Å². The van der Waals surface area contributed by atoms with Crippen molar-refractivity contribution in [2.75, 3.05) is 13.2 Å². The number of nitrogens with zero attached hydrogens (tertiary/aromatic N) is 1. The number of ether oxygens (including phenoxy) is 3. The summed E-state index contributed by atoms with van der Waals surface area (Å²) in [6.45, 7) is 8.54. The average Bonchev–Trinajstić information content (AvgIpc) is 3.47. The van der Waals surface area contributed by atoms with Gasteiger partial charge in [0, 0.05) is 36.0 Å². The van der Waals surface area contributed by atoms with Gasteiger partial charge >= 0.3 is 5.97 Å². The van der Waals surface area contributed by atoms with Gasteiger partial charge in [-0.05, 0) is 81.6 Å². The average molecular weight is 574 g/mol. The van der Waals surface area contributed by atoms with Crippen LogP contribution in [-0.4, -0.2) is 87.7 Å². The number of aliphatic hydroxyl groups excluding tert-OH is 2. The van der Waals surface area contributed by atoms with Crippen molar-refractivity contribution in [3.63, 3.8) is 0 Å². The van der Waals surface area contributed by atoms with Crippen molar-refractivity contribution in [2.24, 2.45) is 33.6 Å². The Labute approximate surface area is 242 Å². The van der Waals surface area contributed by atoms with E-state index in [-0.39, 0.29) is 41.7 Å². The van der Waals surface area contributed by atoms with E-state index in [2.05, 4.69) is 13.5 Å². The number of fused-ring (bicyclic) bond motifs is 5. The largest absolute Gasteiger partial charge is 0.458 e. The summed E-state index contributed by atoms with van der Waals surface area (Å²) in [4.78, 5) is 16.6. The molecule has 4 saturated carbocycles. The lowest BCUT2D eigenvalue weighted by molar-refractivity contribution is -0.282. The van der Waals surface area contributed by atoms with E-state index in [4.69, 9.17) is 19.2 Å². The highest BCUT2D eigenvalue weighted by Gasteiger charge is 2.71. The molecule has 6 rings (SSSR count). The zero-order valence-corrected chi connectivity index (χ0v) is 24.4. The lowest BCUT2D eigenvalue weighted by Crippen LogP contribution is -2.69. The van der Waals surface area contributed by atoms with E-state index in [9.17, 15) is 25.2 Å². The van der Waals surface area contributed by atoms with Crippen molar-refractivity contribution in [1.29, 1.82) is 0 Å². The molecule has 228 valence electrons. The third-order valence-corrected chi connectivity index (χ3v) is 12.2. The van der Waals surface area contributed by atoms with E-state index in [1.165, 1.54) is 0 Å². The molecule has 5 fully saturated rings. The molecular weight excluding hydrogens is 526 g/mol. The van der Waals surface area contributed by atoms with Crippen molar-refractivity contribution in [1.82, 2.24) is 0 Å². The molecule has 41 heavy (non-hydrogen) atoms. The molecule has 0 spiro atoms. The van der Waals surface area contributed by atoms with Gasteiger partial charge in [0.05, 0.1) is 36.1 Å². The van der Waals surface area contributed by atoms with Crippen LogP contribution in [0.3, 0.4) is 0 Å². The van der Waals surface area contributed by atoms with Gasteiger partial charge in [-0.15, -0.1) is 6.58 Å². The van der Waals surface area contributed by atoms with Gasteiger partial charge in [-0.2, -0.15) is 0 Å². The van der Waals surface area contributed by atoms with Gasteiger partial charge in [0.1, 0.15) is 12.7 Å². The second-order valence-electron chi connectivity index (χ2n) is 14.0. The lowest BCUT2D eigenvalue weighted by Gasteiger charge is -2.66. The molecule has 4 aliphatic carbocycles. The van der Waals surface area contributed by atoms with E-state index in [1.54, 1.807) is 19.1 Å². The molecule has 0 amide bonds. The smallest absolute Gasteiger partial charge is 0.331 e. The highest BCUT2D eigenvalue weighted by Crippen LogP contribution is 2.70. The molecule has 9 nitrogen and oxygen atoms in total. The van der Waals surface area contributed by atoms with Gasteiger partial charge in [-0.3, -0.25) is 4.99 Å². The number of esters is 1. The van der Waals surface area contributed by atoms with Gasteiger partial charge in [0.2, 0.25) is 0 Å². The zero-order valence-electron chi connectivity index (χ0n) is 24.4. The molecule has 0 aromatic rings. The predicted octanol–water partition coefficient (Wildman–Crippen LogP) is 2.84. The molecule has 1 saturated heterocycles. The Bertz CT molecular complexity index is 1100. The van der Waals surface area contributed by atoms with Crippen molar-refractivity contribution < 1.29 is 39.4 Å². The number of hydrogen-bond acceptors (Lipinski definition) is 9. The molecule has 11 unspecified atom stereocenters. The van der Waals surface area contributed by atoms with E-state index in [1.807, 2.05) is 6.21 Å². The topological polar surface area (TPSA) is 138 Å². The van der Waals surface area contributed by atoms with Gasteiger partial charge in [0.15, 0.2) is 6.29 Å². The van der Waals surface area contributed by atoms with Gasteiger partial charge in [-0.1, -0.05) is 13.0 Å². The molecule has 0 aromatic heterocycles. The number of cyclic esters (lactones) is 1. The quantitative estimate of drug-likeness (QED) is 0.165. The summed E-state index contributed by atoms with van der Waals surface area (Å²) >= 11 is 0. The Morgan fingerprint density at radius 1 is 1.12 bits per heavy atom. The summed E-state index contributed by atoms with van der Waals surface area (Å²) in [6.07, 6.45) is 8.52. The number of aliphatic hydroxyl groups is 4. The van der Waals surface area contributed by atoms with Crippen LogP contribution in [0.15, 0.2) is 29.3 Å². The van der Waals surface area contributed by atoms with Crippen LogP contribution in [0.25, 0.3) is 0 Å². The summed E-state index contributed by atoms with van der Waals surface area (Å²) in [6, 6.07) is 0. The third-order valence-electron chi connectivity index (χ3n) is 12.2. The van der Waals surface area contributed by atoms with Crippen LogP contribution in [0.2, 0.25) is 0 Å². The van der Waals surface area contributed by atoms with Gasteiger partial charge in [-0.25, -0.2) is 4.79 Å². The second kappa shape index (κ2) is 10.5. The SMILES string of the molecule is C=CCN=CC12CCC(OC3CC(O)C(O)C(C)O3)CC1(O)CCC1[C@@H]2CCC2(C)C(C3=CC(=O)OC3)CCC12O. The molecule has 0 radical (unpaired) electrons. The highest BCUT2D eigenvalue weighted by molar-refractivity contribution is 5.85. The summed E-state index contributed by atoms with van der Waals surface area (Å²) in [5, 5.41) is 45.4. The number of aliphatic imine (C=N–C) groups is 1. The van der Waals surface area contributed by atoms with E-state index < -0.39 is 41.2 Å². The minimum absolute atomic E-state index is 0.0111. The first-order chi connectivity index (χ1) is 19.5. The summed E-state index contributed by atoms with van der Waals surface area (Å²) in [5.41, 5.74) is -1.91. The normalized spacial score (nSPS) is 51.5. The molecule has 4 N–H and O–H groups in total. The molecule has 2 heterocycles. The molecule has 2 aliphatic heterocycles. The summed E-state index contributed by atoms with van der Waals surface area (Å²) < 4.78 is 17.4. The molecule has 0 aromatic carbocycles. The molecular formula is C32H47NO8. The molecule has 0 bridgehead atoms. The van der Waals surface area contributed by atoms with Crippen LogP contribution in [-0.2, 0) is 19.0 Å². The number of hydrogen-bond donors (Lipinski definition) is 4. The molecule has 6 aliphatic rings. The molecule has 12 atom stereocenters. The Morgan fingerprint density at radius 2 is 1.90 bits per heavy atom. The number of carbonyl (C=O) groups is 1. The Morgan fingerprint density at radius 3 is 2.61 bits per heavy atom. The zero-order chi connectivity index (χ0) is 29.2. The van der Waals surface area contributed by atoms with Crippen molar-refractivity contribution in [2.45, 2.75) is 120 Å². The van der Waals surface area contributed by atoms with Crippen LogP contribution in [0.5, 0.6) is 0 Å². The fraction of sp³-hybridized carbons (Fsp3) is 0.812. The fourth-order valence-corrected chi connectivity index (χ4v) is 10.1. The van der Waals surface area contributed by atoms with Crippen LogP contribution in [0.1, 0.15) is 78.1 Å². The van der Waals surface area contributed by atoms with Crippen LogP contribution >= 0.6 is 0 Å². The summed E-state index contributed by atoms with van der Waals surface area (Å²) in [7, 11) is 0. The van der Waals surface area contributed by atoms with Crippen molar-refractivity contribution >= 4 is 12.2 Å². The first kappa shape index (κ1) is 29.5. The van der Waals surface area contributed by atoms with E-state index in [0.717, 1.165) is 24.8 Å². The minimum atomic E-state index is -1.06. The lowest BCUT2D eigenvalue weighted by atomic mass is 9.41. The summed E-state index contributed by atoms with van der Waals surface area (Å²) in [5.74, 6) is -0.101. The van der Waals surface area contributed by atoms with Crippen LogP contribution in [0, 0.1) is 28.6 Å². The highest BCUT2D eigenvalue weighted by atomic mass is 16.7. The Kier molecular flexibility index (Phi) is 7.56. The van der Waals surface area contributed by atoms with E-state index in [0.29, 0.717) is 51.7 Å². The molecule has 9 heteroatoms. The first-order valence-electron chi connectivity index (χ1n) is 15.6. The third kappa shape index (κ3) is 4.49. The van der Waals surface area contributed by atoms with Crippen LogP contribution in [0.4, 0.5) is 0 Å². The van der Waals surface area contributed by atoms with Crippen molar-refractivity contribution in [3.05, 3.63) is 24.3 Å². The maximum atomic E-state index is 12.6. The Balaban J connectivity index is 1.26. The first-order valence-corrected chi connectivity index (χ1v) is 15.6. The minimum Gasteiger partial charge on any atom is -0.458 e. The second-order valence-corrected chi connectivity index (χ2v) is 14.0. The van der Waals surface area contributed by atoms with Gasteiger partial charge < -0.3 is 34.6 Å². The number of rotatable bonds is 6. The monoisotopic (exact) mass is 573 g/mol. The maximum absolute atomic E-state index is 12.6.